The van der Waals surface area contributed by atoms with Crippen LogP contribution >= 0.6 is 0 Å². The summed E-state index contributed by atoms with van der Waals surface area (Å²) in [4.78, 5) is 2.39. The normalized spacial score (nSPS) is 24.3. The first-order valence-corrected chi connectivity index (χ1v) is 7.02. The summed E-state index contributed by atoms with van der Waals surface area (Å²) >= 11 is 0. The van der Waals surface area contributed by atoms with E-state index < -0.39 is 0 Å². The van der Waals surface area contributed by atoms with Crippen molar-refractivity contribution < 1.29 is 0 Å². The number of rotatable bonds is 4. The molecule has 1 aliphatic rings. The predicted molar refractivity (Wildman–Crippen MR) is 74.6 cm³/mol. The van der Waals surface area contributed by atoms with Gasteiger partial charge in [0.05, 0.1) is 5.69 Å². The van der Waals surface area contributed by atoms with Gasteiger partial charge >= 0.3 is 0 Å². The first-order chi connectivity index (χ1) is 8.72. The van der Waals surface area contributed by atoms with Crippen LogP contribution in [0.1, 0.15) is 39.3 Å². The first-order valence-electron chi connectivity index (χ1n) is 7.02. The number of hydrogen-bond donors (Lipinski definition) is 1. The summed E-state index contributed by atoms with van der Waals surface area (Å²) in [7, 11) is 0. The van der Waals surface area contributed by atoms with Crippen LogP contribution in [0.4, 0.5) is 5.82 Å². The van der Waals surface area contributed by atoms with Crippen molar-refractivity contribution in [2.45, 2.75) is 46.2 Å². The molecule has 1 saturated heterocycles. The van der Waals surface area contributed by atoms with E-state index in [1.54, 1.807) is 0 Å². The van der Waals surface area contributed by atoms with Crippen molar-refractivity contribution in [3.05, 3.63) is 17.8 Å². The number of nitrogens with zero attached hydrogens (tertiary/aromatic N) is 3. The number of hydrogen-bond acceptors (Lipinski definition) is 4. The summed E-state index contributed by atoms with van der Waals surface area (Å²) in [5, 5.41) is 11.9. The third-order valence-electron chi connectivity index (χ3n) is 3.93. The van der Waals surface area contributed by atoms with Gasteiger partial charge in [0.2, 0.25) is 0 Å². The van der Waals surface area contributed by atoms with Crippen molar-refractivity contribution in [3.8, 4) is 0 Å². The maximum atomic E-state index is 4.38. The van der Waals surface area contributed by atoms with Crippen molar-refractivity contribution >= 4 is 5.82 Å². The van der Waals surface area contributed by atoms with Crippen molar-refractivity contribution in [1.29, 1.82) is 0 Å². The molecule has 1 fully saturated rings. The summed E-state index contributed by atoms with van der Waals surface area (Å²) < 4.78 is 0. The molecule has 2 rings (SSSR count). The van der Waals surface area contributed by atoms with Gasteiger partial charge in [-0.15, -0.1) is 5.10 Å². The second-order valence-electron chi connectivity index (χ2n) is 5.22. The zero-order chi connectivity index (χ0) is 13.0. The molecule has 0 aromatic carbocycles. The number of nitrogens with one attached hydrogen (secondary N) is 1. The topological polar surface area (TPSA) is 41.0 Å². The molecule has 0 bridgehead atoms. The molecule has 1 aromatic rings. The van der Waals surface area contributed by atoms with E-state index in [0.717, 1.165) is 37.1 Å². The van der Waals surface area contributed by atoms with Gasteiger partial charge < -0.3 is 10.2 Å². The summed E-state index contributed by atoms with van der Waals surface area (Å²) in [6.45, 7) is 9.58. The van der Waals surface area contributed by atoms with Gasteiger partial charge in [-0.25, -0.2) is 0 Å². The molecule has 0 aliphatic carbocycles. The Balaban J connectivity index is 2.04. The largest absolute Gasteiger partial charge is 0.352 e. The predicted octanol–water partition coefficient (Wildman–Crippen LogP) is 2.21. The minimum absolute atomic E-state index is 0.563. The monoisotopic (exact) mass is 248 g/mol. The third kappa shape index (κ3) is 2.99. The van der Waals surface area contributed by atoms with E-state index >= 15 is 0 Å². The van der Waals surface area contributed by atoms with Crippen LogP contribution in [0.2, 0.25) is 0 Å². The number of piperidine rings is 1. The van der Waals surface area contributed by atoms with Crippen LogP contribution < -0.4 is 10.2 Å². The molecule has 18 heavy (non-hydrogen) atoms. The summed E-state index contributed by atoms with van der Waals surface area (Å²) in [5.41, 5.74) is 1.01. The van der Waals surface area contributed by atoms with E-state index in [2.05, 4.69) is 53.3 Å². The maximum absolute atomic E-state index is 4.38. The summed E-state index contributed by atoms with van der Waals surface area (Å²) in [6.07, 6.45) is 2.58. The van der Waals surface area contributed by atoms with Gasteiger partial charge in [0, 0.05) is 19.1 Å². The molecule has 1 aliphatic heterocycles. The van der Waals surface area contributed by atoms with Crippen LogP contribution in [-0.2, 0) is 6.54 Å². The highest BCUT2D eigenvalue weighted by Crippen LogP contribution is 2.26. The highest BCUT2D eigenvalue weighted by Gasteiger charge is 2.25. The lowest BCUT2D eigenvalue weighted by Crippen LogP contribution is -2.43. The molecule has 0 radical (unpaired) electrons. The van der Waals surface area contributed by atoms with Crippen molar-refractivity contribution in [1.82, 2.24) is 15.5 Å². The molecule has 0 spiro atoms. The Morgan fingerprint density at radius 3 is 2.83 bits per heavy atom. The molecule has 2 unspecified atom stereocenters. The lowest BCUT2D eigenvalue weighted by molar-refractivity contribution is 0.361. The second-order valence-corrected chi connectivity index (χ2v) is 5.22. The van der Waals surface area contributed by atoms with Gasteiger partial charge in [-0.3, -0.25) is 0 Å². The molecule has 1 aromatic heterocycles. The molecular weight excluding hydrogens is 224 g/mol. The Morgan fingerprint density at radius 2 is 2.17 bits per heavy atom. The van der Waals surface area contributed by atoms with Gasteiger partial charge in [-0.2, -0.15) is 5.10 Å². The van der Waals surface area contributed by atoms with Gasteiger partial charge in [-0.05, 0) is 44.4 Å². The van der Waals surface area contributed by atoms with E-state index in [0.29, 0.717) is 6.04 Å². The average Bonchev–Trinajstić information content (AvgIpc) is 2.40. The third-order valence-corrected chi connectivity index (χ3v) is 3.93. The first kappa shape index (κ1) is 13.3. The van der Waals surface area contributed by atoms with Crippen molar-refractivity contribution in [3.63, 3.8) is 0 Å². The maximum Gasteiger partial charge on any atom is 0.151 e. The SMILES string of the molecule is CCNCc1ccc(N2CCCC(C)C2C)nn1. The Kier molecular flexibility index (Phi) is 4.53. The van der Waals surface area contributed by atoms with Gasteiger partial charge in [-0.1, -0.05) is 13.8 Å². The Morgan fingerprint density at radius 1 is 1.33 bits per heavy atom. The number of aromatic nitrogens is 2. The molecule has 2 heterocycles. The standard InChI is InChI=1S/C14H24N4/c1-4-15-10-13-7-8-14(17-16-13)18-9-5-6-11(2)12(18)3/h7-8,11-12,15H,4-6,9-10H2,1-3H3. The van der Waals surface area contributed by atoms with Crippen molar-refractivity contribution in [2.75, 3.05) is 18.0 Å². The van der Waals surface area contributed by atoms with Gasteiger partial charge in [0.15, 0.2) is 5.82 Å². The molecule has 4 heteroatoms. The molecule has 0 saturated carbocycles. The zero-order valence-electron chi connectivity index (χ0n) is 11.7. The smallest absolute Gasteiger partial charge is 0.151 e. The lowest BCUT2D eigenvalue weighted by Gasteiger charge is -2.38. The fraction of sp³-hybridized carbons (Fsp3) is 0.714. The molecule has 4 nitrogen and oxygen atoms in total. The van der Waals surface area contributed by atoms with E-state index in [1.807, 2.05) is 0 Å². The van der Waals surface area contributed by atoms with Crippen LogP contribution in [0.15, 0.2) is 12.1 Å². The molecule has 1 N–H and O–H groups in total. The van der Waals surface area contributed by atoms with Crippen molar-refractivity contribution in [2.24, 2.45) is 5.92 Å². The number of anilines is 1. The van der Waals surface area contributed by atoms with Gasteiger partial charge in [0.1, 0.15) is 0 Å². The molecule has 2 atom stereocenters. The quantitative estimate of drug-likeness (QED) is 0.887. The Hall–Kier alpha value is -1.16. The summed E-state index contributed by atoms with van der Waals surface area (Å²) in [6, 6.07) is 4.75. The second kappa shape index (κ2) is 6.14. The summed E-state index contributed by atoms with van der Waals surface area (Å²) in [5.74, 6) is 1.76. The van der Waals surface area contributed by atoms with Crippen LogP contribution in [0.3, 0.4) is 0 Å². The van der Waals surface area contributed by atoms with E-state index in [-0.39, 0.29) is 0 Å². The fourth-order valence-electron chi connectivity index (χ4n) is 2.51. The van der Waals surface area contributed by atoms with Crippen LogP contribution in [0, 0.1) is 5.92 Å². The molecule has 0 amide bonds. The Bertz CT molecular complexity index is 363. The highest BCUT2D eigenvalue weighted by molar-refractivity contribution is 5.39. The highest BCUT2D eigenvalue weighted by atomic mass is 15.3. The molecular formula is C14H24N4. The van der Waals surface area contributed by atoms with Crippen LogP contribution in [0.25, 0.3) is 0 Å². The van der Waals surface area contributed by atoms with E-state index in [4.69, 9.17) is 0 Å². The Labute approximate surface area is 110 Å². The lowest BCUT2D eigenvalue weighted by atomic mass is 9.92. The minimum atomic E-state index is 0.563. The molecule has 100 valence electrons. The zero-order valence-corrected chi connectivity index (χ0v) is 11.7. The van der Waals surface area contributed by atoms with Crippen LogP contribution in [-0.4, -0.2) is 29.3 Å². The van der Waals surface area contributed by atoms with Crippen LogP contribution in [0.5, 0.6) is 0 Å². The van der Waals surface area contributed by atoms with E-state index in [1.165, 1.54) is 12.8 Å². The average molecular weight is 248 g/mol. The minimum Gasteiger partial charge on any atom is -0.352 e. The fourth-order valence-corrected chi connectivity index (χ4v) is 2.51. The van der Waals surface area contributed by atoms with Gasteiger partial charge in [0.25, 0.3) is 0 Å². The van der Waals surface area contributed by atoms with E-state index in [9.17, 15) is 0 Å².